The largest absolute Gasteiger partial charge is 0.439 e. The Morgan fingerprint density at radius 2 is 2.05 bits per heavy atom. The molecule has 0 saturated carbocycles. The number of halogens is 1. The Morgan fingerprint density at radius 1 is 1.21 bits per heavy atom. The first-order valence-electron chi connectivity index (χ1n) is 6.25. The van der Waals surface area contributed by atoms with Gasteiger partial charge in [-0.05, 0) is 37.1 Å². The van der Waals surface area contributed by atoms with Gasteiger partial charge in [0.2, 0.25) is 5.88 Å². The average Bonchev–Trinajstić information content (AvgIpc) is 2.42. The molecule has 2 aromatic rings. The molecule has 1 aromatic carbocycles. The maximum Gasteiger partial charge on any atom is 0.224 e. The van der Waals surface area contributed by atoms with Crippen molar-refractivity contribution in [1.82, 2.24) is 9.97 Å². The van der Waals surface area contributed by atoms with Crippen LogP contribution >= 0.6 is 11.6 Å². The van der Waals surface area contributed by atoms with Gasteiger partial charge in [0.05, 0.1) is 0 Å². The number of rotatable bonds is 5. The topological polar surface area (TPSA) is 47.0 Å². The van der Waals surface area contributed by atoms with E-state index < -0.39 is 0 Å². The van der Waals surface area contributed by atoms with Crippen LogP contribution in [0.5, 0.6) is 11.6 Å². The molecule has 0 aliphatic heterocycles. The molecule has 1 N–H and O–H groups in total. The fraction of sp³-hybridized carbons (Fsp3) is 0.286. The normalized spacial score (nSPS) is 10.3. The smallest absolute Gasteiger partial charge is 0.224 e. The van der Waals surface area contributed by atoms with Gasteiger partial charge in [-0.15, -0.1) is 0 Å². The van der Waals surface area contributed by atoms with Crippen LogP contribution in [-0.2, 0) is 6.42 Å². The Kier molecular flexibility index (Phi) is 4.58. The lowest BCUT2D eigenvalue weighted by atomic mass is 10.1. The molecule has 0 unspecified atom stereocenters. The Bertz CT molecular complexity index is 560. The number of aromatic nitrogens is 2. The Morgan fingerprint density at radius 3 is 2.79 bits per heavy atom. The molecule has 0 amide bonds. The van der Waals surface area contributed by atoms with Crippen molar-refractivity contribution in [2.75, 3.05) is 11.9 Å². The van der Waals surface area contributed by atoms with Crippen LogP contribution in [0.25, 0.3) is 0 Å². The fourth-order valence-corrected chi connectivity index (χ4v) is 1.93. The average molecular weight is 278 g/mol. The van der Waals surface area contributed by atoms with Crippen molar-refractivity contribution >= 4 is 17.4 Å². The molecule has 0 saturated heterocycles. The zero-order valence-electron chi connectivity index (χ0n) is 11.0. The molecule has 0 fully saturated rings. The van der Waals surface area contributed by atoms with Crippen LogP contribution in [0.15, 0.2) is 30.6 Å². The van der Waals surface area contributed by atoms with Gasteiger partial charge in [-0.1, -0.05) is 18.5 Å². The van der Waals surface area contributed by atoms with Crippen LogP contribution in [0.4, 0.5) is 5.82 Å². The van der Waals surface area contributed by atoms with Crippen molar-refractivity contribution in [3.63, 3.8) is 0 Å². The van der Waals surface area contributed by atoms with E-state index in [0.29, 0.717) is 5.88 Å². The van der Waals surface area contributed by atoms with Gasteiger partial charge in [0.1, 0.15) is 17.9 Å². The summed E-state index contributed by atoms with van der Waals surface area (Å²) in [5, 5.41) is 3.87. The van der Waals surface area contributed by atoms with Crippen molar-refractivity contribution in [3.05, 3.63) is 41.2 Å². The van der Waals surface area contributed by atoms with Crippen molar-refractivity contribution < 1.29 is 4.74 Å². The summed E-state index contributed by atoms with van der Waals surface area (Å²) in [6.45, 7) is 4.87. The Hall–Kier alpha value is -1.81. The molecule has 0 spiro atoms. The number of nitrogens with zero attached hydrogens (tertiary/aromatic N) is 2. The molecule has 5 heteroatoms. The van der Waals surface area contributed by atoms with E-state index in [0.717, 1.165) is 35.1 Å². The van der Waals surface area contributed by atoms with Gasteiger partial charge in [-0.25, -0.2) is 9.97 Å². The van der Waals surface area contributed by atoms with Crippen LogP contribution in [0.3, 0.4) is 0 Å². The van der Waals surface area contributed by atoms with Crippen LogP contribution in [-0.4, -0.2) is 16.5 Å². The molecule has 0 bridgehead atoms. The third kappa shape index (κ3) is 3.58. The number of benzene rings is 1. The number of ether oxygens (including phenoxy) is 1. The van der Waals surface area contributed by atoms with Crippen molar-refractivity contribution in [2.24, 2.45) is 0 Å². The molecule has 1 aromatic heterocycles. The van der Waals surface area contributed by atoms with Crippen molar-refractivity contribution in [3.8, 4) is 11.6 Å². The van der Waals surface area contributed by atoms with Gasteiger partial charge in [0.15, 0.2) is 0 Å². The predicted octanol–water partition coefficient (Wildman–Crippen LogP) is 3.92. The quantitative estimate of drug-likeness (QED) is 0.900. The van der Waals surface area contributed by atoms with E-state index >= 15 is 0 Å². The second-order valence-corrected chi connectivity index (χ2v) is 4.39. The monoisotopic (exact) mass is 277 g/mol. The Balaban J connectivity index is 2.18. The van der Waals surface area contributed by atoms with Crippen molar-refractivity contribution in [2.45, 2.75) is 20.3 Å². The summed E-state index contributed by atoms with van der Waals surface area (Å²) in [4.78, 5) is 8.18. The lowest BCUT2D eigenvalue weighted by Gasteiger charge is -2.08. The molecular formula is C14H16ClN3O. The molecule has 100 valence electrons. The highest BCUT2D eigenvalue weighted by molar-refractivity contribution is 6.31. The zero-order valence-corrected chi connectivity index (χ0v) is 11.7. The highest BCUT2D eigenvalue weighted by atomic mass is 35.5. The van der Waals surface area contributed by atoms with Gasteiger partial charge >= 0.3 is 0 Å². The fourth-order valence-electron chi connectivity index (χ4n) is 1.68. The molecule has 0 aliphatic carbocycles. The minimum Gasteiger partial charge on any atom is -0.439 e. The van der Waals surface area contributed by atoms with E-state index in [-0.39, 0.29) is 0 Å². The molecule has 0 radical (unpaired) electrons. The molecule has 0 aliphatic rings. The van der Waals surface area contributed by atoms with E-state index in [4.69, 9.17) is 16.3 Å². The summed E-state index contributed by atoms with van der Waals surface area (Å²) >= 11 is 6.07. The summed E-state index contributed by atoms with van der Waals surface area (Å²) in [7, 11) is 0. The highest BCUT2D eigenvalue weighted by Crippen LogP contribution is 2.26. The lowest BCUT2D eigenvalue weighted by Crippen LogP contribution is -2.00. The summed E-state index contributed by atoms with van der Waals surface area (Å²) in [5.74, 6) is 1.98. The third-order valence-corrected chi connectivity index (χ3v) is 2.99. The van der Waals surface area contributed by atoms with Crippen molar-refractivity contribution in [1.29, 1.82) is 0 Å². The maximum atomic E-state index is 6.07. The number of nitrogens with one attached hydrogen (secondary N) is 1. The number of hydrogen-bond acceptors (Lipinski definition) is 4. The van der Waals surface area contributed by atoms with Gasteiger partial charge in [0.25, 0.3) is 0 Å². The first-order valence-corrected chi connectivity index (χ1v) is 6.63. The number of anilines is 1. The second-order valence-electron chi connectivity index (χ2n) is 3.98. The first kappa shape index (κ1) is 13.6. The maximum absolute atomic E-state index is 6.07. The summed E-state index contributed by atoms with van der Waals surface area (Å²) in [6.07, 6.45) is 2.34. The standard InChI is InChI=1S/C14H16ClN3O/c1-3-10-7-11(5-6-12(10)15)19-14-8-13(16-4-2)17-9-18-14/h5-9H,3-4H2,1-2H3,(H,16,17,18). The predicted molar refractivity (Wildman–Crippen MR) is 77.1 cm³/mol. The van der Waals surface area contributed by atoms with Gasteiger partial charge < -0.3 is 10.1 Å². The highest BCUT2D eigenvalue weighted by Gasteiger charge is 2.04. The molecule has 4 nitrogen and oxygen atoms in total. The molecule has 0 atom stereocenters. The van der Waals surface area contributed by atoms with Crippen LogP contribution in [0.1, 0.15) is 19.4 Å². The van der Waals surface area contributed by atoms with Crippen LogP contribution in [0.2, 0.25) is 5.02 Å². The van der Waals surface area contributed by atoms with E-state index in [9.17, 15) is 0 Å². The second kappa shape index (κ2) is 6.38. The number of aryl methyl sites for hydroxylation is 1. The first-order chi connectivity index (χ1) is 9.22. The molecule has 1 heterocycles. The minimum atomic E-state index is 0.510. The summed E-state index contributed by atoms with van der Waals surface area (Å²) in [5.41, 5.74) is 1.06. The minimum absolute atomic E-state index is 0.510. The summed E-state index contributed by atoms with van der Waals surface area (Å²) < 4.78 is 5.71. The van der Waals surface area contributed by atoms with Crippen LogP contribution in [0, 0.1) is 0 Å². The van der Waals surface area contributed by atoms with E-state index in [1.807, 2.05) is 25.1 Å². The molecular weight excluding hydrogens is 262 g/mol. The SMILES string of the molecule is CCNc1cc(Oc2ccc(Cl)c(CC)c2)ncn1. The third-order valence-electron chi connectivity index (χ3n) is 2.62. The lowest BCUT2D eigenvalue weighted by molar-refractivity contribution is 0.461. The number of hydrogen-bond donors (Lipinski definition) is 1. The van der Waals surface area contributed by atoms with Gasteiger partial charge in [0, 0.05) is 17.6 Å². The van der Waals surface area contributed by atoms with Crippen LogP contribution < -0.4 is 10.1 Å². The van der Waals surface area contributed by atoms with E-state index in [1.54, 1.807) is 6.07 Å². The van der Waals surface area contributed by atoms with Gasteiger partial charge in [-0.3, -0.25) is 0 Å². The molecule has 19 heavy (non-hydrogen) atoms. The zero-order chi connectivity index (χ0) is 13.7. The summed E-state index contributed by atoms with van der Waals surface area (Å²) in [6, 6.07) is 7.36. The van der Waals surface area contributed by atoms with Gasteiger partial charge in [-0.2, -0.15) is 0 Å². The Labute approximate surface area is 117 Å². The van der Waals surface area contributed by atoms with E-state index in [2.05, 4.69) is 22.2 Å². The van der Waals surface area contributed by atoms with E-state index in [1.165, 1.54) is 6.33 Å². The molecule has 2 rings (SSSR count).